The molecule has 0 aromatic heterocycles. The van der Waals surface area contributed by atoms with Crippen LogP contribution >= 0.6 is 0 Å². The third-order valence-corrected chi connectivity index (χ3v) is 3.19. The molecule has 0 spiro atoms. The van der Waals surface area contributed by atoms with Gasteiger partial charge < -0.3 is 10.1 Å². The maximum atomic E-state index is 11.9. The molecule has 0 aromatic rings. The molecule has 6 heteroatoms. The van der Waals surface area contributed by atoms with Gasteiger partial charge in [-0.3, -0.25) is 4.90 Å². The number of ether oxygens (including phenoxy) is 1. The highest BCUT2D eigenvalue weighted by Gasteiger charge is 2.27. The van der Waals surface area contributed by atoms with Crippen molar-refractivity contribution in [2.24, 2.45) is 0 Å². The third kappa shape index (κ3) is 6.56. The molecular weight excluding hydrogens is 245 g/mol. The first-order chi connectivity index (χ1) is 8.53. The van der Waals surface area contributed by atoms with E-state index >= 15 is 0 Å². The molecule has 3 nitrogen and oxygen atoms in total. The number of halogens is 3. The first-order valence-corrected chi connectivity index (χ1v) is 6.56. The van der Waals surface area contributed by atoms with Gasteiger partial charge in [-0.2, -0.15) is 13.2 Å². The second-order valence-electron chi connectivity index (χ2n) is 4.76. The van der Waals surface area contributed by atoms with Crippen molar-refractivity contribution in [3.63, 3.8) is 0 Å². The summed E-state index contributed by atoms with van der Waals surface area (Å²) in [7, 11) is 1.93. The van der Waals surface area contributed by atoms with Gasteiger partial charge in [0.15, 0.2) is 0 Å². The Kier molecular flexibility index (Phi) is 6.96. The first kappa shape index (κ1) is 15.7. The van der Waals surface area contributed by atoms with Gasteiger partial charge in [0.1, 0.15) is 6.61 Å². The van der Waals surface area contributed by atoms with Crippen molar-refractivity contribution >= 4 is 0 Å². The summed E-state index contributed by atoms with van der Waals surface area (Å²) in [5.74, 6) is 0. The summed E-state index contributed by atoms with van der Waals surface area (Å²) >= 11 is 0. The molecule has 1 rings (SSSR count). The quantitative estimate of drug-likeness (QED) is 0.715. The molecule has 0 aromatic carbocycles. The van der Waals surface area contributed by atoms with Crippen LogP contribution in [0.1, 0.15) is 25.7 Å². The number of alkyl halides is 3. The van der Waals surface area contributed by atoms with Gasteiger partial charge in [0.25, 0.3) is 0 Å². The zero-order valence-electron chi connectivity index (χ0n) is 10.9. The fourth-order valence-electron chi connectivity index (χ4n) is 2.38. The molecule has 0 aliphatic carbocycles. The van der Waals surface area contributed by atoms with Crippen LogP contribution in [0, 0.1) is 0 Å². The van der Waals surface area contributed by atoms with Gasteiger partial charge in [-0.25, -0.2) is 0 Å². The van der Waals surface area contributed by atoms with Gasteiger partial charge in [0.2, 0.25) is 0 Å². The molecule has 1 aliphatic rings. The van der Waals surface area contributed by atoms with E-state index < -0.39 is 12.8 Å². The van der Waals surface area contributed by atoms with Crippen LogP contribution in [-0.2, 0) is 4.74 Å². The molecule has 0 radical (unpaired) electrons. The molecule has 1 atom stereocenters. The maximum Gasteiger partial charge on any atom is 0.411 e. The number of nitrogens with one attached hydrogen (secondary N) is 1. The molecular formula is C12H23F3N2O. The van der Waals surface area contributed by atoms with Crippen molar-refractivity contribution in [3.05, 3.63) is 0 Å². The molecule has 18 heavy (non-hydrogen) atoms. The Bertz CT molecular complexity index is 222. The zero-order chi connectivity index (χ0) is 13.4. The predicted octanol–water partition coefficient (Wildman–Crippen LogP) is 2.03. The van der Waals surface area contributed by atoms with Crippen molar-refractivity contribution in [1.82, 2.24) is 10.2 Å². The largest absolute Gasteiger partial charge is 0.411 e. The van der Waals surface area contributed by atoms with Crippen molar-refractivity contribution in [1.29, 1.82) is 0 Å². The number of rotatable bonds is 7. The lowest BCUT2D eigenvalue weighted by Crippen LogP contribution is -2.45. The van der Waals surface area contributed by atoms with Gasteiger partial charge in [-0.05, 0) is 32.9 Å². The molecule has 0 amide bonds. The van der Waals surface area contributed by atoms with E-state index in [9.17, 15) is 13.2 Å². The van der Waals surface area contributed by atoms with Gasteiger partial charge in [0, 0.05) is 25.7 Å². The second-order valence-corrected chi connectivity index (χ2v) is 4.76. The summed E-state index contributed by atoms with van der Waals surface area (Å²) in [6, 6.07) is 0.520. The van der Waals surface area contributed by atoms with Gasteiger partial charge in [-0.15, -0.1) is 0 Å². The fourth-order valence-corrected chi connectivity index (χ4v) is 2.38. The first-order valence-electron chi connectivity index (χ1n) is 6.56. The van der Waals surface area contributed by atoms with E-state index in [2.05, 4.69) is 15.0 Å². The number of hydrogen-bond acceptors (Lipinski definition) is 3. The van der Waals surface area contributed by atoms with Crippen LogP contribution in [0.2, 0.25) is 0 Å². The smallest absolute Gasteiger partial charge is 0.372 e. The fraction of sp³-hybridized carbons (Fsp3) is 1.00. The van der Waals surface area contributed by atoms with Crippen molar-refractivity contribution in [3.8, 4) is 0 Å². The van der Waals surface area contributed by atoms with E-state index in [-0.39, 0.29) is 6.61 Å². The standard InChI is InChI=1S/C12H23F3N2O/c1-16-9-11-5-2-3-6-17(11)7-4-8-18-10-12(13,14)15/h11,16H,2-10H2,1H3. The molecule has 0 saturated carbocycles. The SMILES string of the molecule is CNCC1CCCCN1CCCOCC(F)(F)F. The van der Waals surface area contributed by atoms with Crippen LogP contribution in [0.4, 0.5) is 13.2 Å². The second kappa shape index (κ2) is 7.96. The topological polar surface area (TPSA) is 24.5 Å². The van der Waals surface area contributed by atoms with E-state index in [1.165, 1.54) is 19.3 Å². The number of piperidine rings is 1. The molecule has 1 saturated heterocycles. The summed E-state index contributed by atoms with van der Waals surface area (Å²) in [5, 5.41) is 3.17. The number of likely N-dealkylation sites (N-methyl/N-ethyl adjacent to an activating group) is 1. The molecule has 1 unspecified atom stereocenters. The monoisotopic (exact) mass is 268 g/mol. The summed E-state index contributed by atoms with van der Waals surface area (Å²) < 4.78 is 40.2. The molecule has 1 N–H and O–H groups in total. The highest BCUT2D eigenvalue weighted by molar-refractivity contribution is 4.78. The average Bonchev–Trinajstić information content (AvgIpc) is 2.29. The summed E-state index contributed by atoms with van der Waals surface area (Å²) in [6.07, 6.45) is 0.0530. The summed E-state index contributed by atoms with van der Waals surface area (Å²) in [6.45, 7) is 1.87. The van der Waals surface area contributed by atoms with Gasteiger partial charge >= 0.3 is 6.18 Å². The average molecular weight is 268 g/mol. The van der Waals surface area contributed by atoms with Crippen LogP contribution in [0.3, 0.4) is 0 Å². The highest BCUT2D eigenvalue weighted by Crippen LogP contribution is 2.17. The number of nitrogens with zero attached hydrogens (tertiary/aromatic N) is 1. The number of hydrogen-bond donors (Lipinski definition) is 1. The maximum absolute atomic E-state index is 11.9. The lowest BCUT2D eigenvalue weighted by molar-refractivity contribution is -0.174. The minimum Gasteiger partial charge on any atom is -0.372 e. The van der Waals surface area contributed by atoms with Crippen LogP contribution < -0.4 is 5.32 Å². The lowest BCUT2D eigenvalue weighted by Gasteiger charge is -2.35. The van der Waals surface area contributed by atoms with Crippen LogP contribution in [0.15, 0.2) is 0 Å². The van der Waals surface area contributed by atoms with E-state index in [4.69, 9.17) is 0 Å². The molecule has 0 bridgehead atoms. The minimum absolute atomic E-state index is 0.183. The van der Waals surface area contributed by atoms with E-state index in [0.717, 1.165) is 19.6 Å². The Hall–Kier alpha value is -0.330. The molecule has 1 aliphatic heterocycles. The Morgan fingerprint density at radius 3 is 2.78 bits per heavy atom. The Balaban J connectivity index is 2.12. The minimum atomic E-state index is -4.21. The van der Waals surface area contributed by atoms with Gasteiger partial charge in [-0.1, -0.05) is 6.42 Å². The Labute approximate surface area is 107 Å². The zero-order valence-corrected chi connectivity index (χ0v) is 10.9. The van der Waals surface area contributed by atoms with E-state index in [1.54, 1.807) is 0 Å². The Morgan fingerprint density at radius 2 is 2.11 bits per heavy atom. The van der Waals surface area contributed by atoms with Crippen LogP contribution in [0.5, 0.6) is 0 Å². The van der Waals surface area contributed by atoms with E-state index in [1.807, 2.05) is 7.05 Å². The normalized spacial score (nSPS) is 22.3. The number of likely N-dealkylation sites (tertiary alicyclic amines) is 1. The Morgan fingerprint density at radius 1 is 1.33 bits per heavy atom. The summed E-state index contributed by atoms with van der Waals surface area (Å²) in [5.41, 5.74) is 0. The van der Waals surface area contributed by atoms with Gasteiger partial charge in [0.05, 0.1) is 0 Å². The van der Waals surface area contributed by atoms with Crippen molar-refractivity contribution in [2.45, 2.75) is 37.9 Å². The van der Waals surface area contributed by atoms with Crippen molar-refractivity contribution < 1.29 is 17.9 Å². The molecule has 108 valence electrons. The predicted molar refractivity (Wildman–Crippen MR) is 64.6 cm³/mol. The van der Waals surface area contributed by atoms with Crippen LogP contribution in [0.25, 0.3) is 0 Å². The molecule has 1 heterocycles. The lowest BCUT2D eigenvalue weighted by atomic mass is 10.0. The summed E-state index contributed by atoms with van der Waals surface area (Å²) in [4.78, 5) is 2.36. The highest BCUT2D eigenvalue weighted by atomic mass is 19.4. The van der Waals surface area contributed by atoms with Crippen LogP contribution in [-0.4, -0.2) is 57.0 Å². The third-order valence-electron chi connectivity index (χ3n) is 3.19. The van der Waals surface area contributed by atoms with Crippen molar-refractivity contribution in [2.75, 3.05) is 39.9 Å². The van der Waals surface area contributed by atoms with E-state index in [0.29, 0.717) is 12.5 Å². The molecule has 1 fully saturated rings.